The van der Waals surface area contributed by atoms with E-state index in [0.29, 0.717) is 0 Å². The van der Waals surface area contributed by atoms with Gasteiger partial charge in [-0.25, -0.2) is 0 Å². The second kappa shape index (κ2) is 2.78. The molecule has 0 atom stereocenters. The minimum atomic E-state index is 0. The summed E-state index contributed by atoms with van der Waals surface area (Å²) in [4.78, 5) is 0. The molecule has 4 aliphatic carbocycles. The predicted molar refractivity (Wildman–Crippen MR) is 41.4 cm³/mol. The molecule has 0 amide bonds. The van der Waals surface area contributed by atoms with E-state index in [9.17, 15) is 0 Å². The minimum Gasteiger partial charge on any atom is -0.0475 e. The molecule has 11 heavy (non-hydrogen) atoms. The van der Waals surface area contributed by atoms with Gasteiger partial charge in [-0.2, -0.15) is 0 Å². The summed E-state index contributed by atoms with van der Waals surface area (Å²) in [6.45, 7) is 0. The topological polar surface area (TPSA) is 0 Å². The summed E-state index contributed by atoms with van der Waals surface area (Å²) in [5.74, 6) is 5.35. The molecule has 0 unspecified atom stereocenters. The minimum absolute atomic E-state index is 0. The van der Waals surface area contributed by atoms with Crippen molar-refractivity contribution in [1.82, 2.24) is 0 Å². The Morgan fingerprint density at radius 3 is 1.36 bits per heavy atom. The summed E-state index contributed by atoms with van der Waals surface area (Å²) < 4.78 is 0. The third-order valence-electron chi connectivity index (χ3n) is 3.73. The van der Waals surface area contributed by atoms with Crippen LogP contribution < -0.4 is 0 Å². The van der Waals surface area contributed by atoms with Crippen LogP contribution in [0.4, 0.5) is 0 Å². The van der Waals surface area contributed by atoms with Crippen molar-refractivity contribution in [2.45, 2.75) is 38.5 Å². The van der Waals surface area contributed by atoms with Crippen LogP contribution in [0.25, 0.3) is 0 Å². The van der Waals surface area contributed by atoms with Crippen LogP contribution in [0.5, 0.6) is 0 Å². The first-order chi connectivity index (χ1) is 4.90. The van der Waals surface area contributed by atoms with Crippen molar-refractivity contribution in [3.05, 3.63) is 5.92 Å². The van der Waals surface area contributed by atoms with Crippen molar-refractivity contribution in [2.24, 2.45) is 17.8 Å². The number of hydrogen-bond acceptors (Lipinski definition) is 0. The number of hydrogen-bond donors (Lipinski definition) is 0. The van der Waals surface area contributed by atoms with Crippen molar-refractivity contribution in [1.29, 1.82) is 0 Å². The molecule has 0 aromatic rings. The van der Waals surface area contributed by atoms with Gasteiger partial charge in [0.25, 0.3) is 0 Å². The molecule has 63 valence electrons. The largest absolute Gasteiger partial charge is 0.0475 e. The van der Waals surface area contributed by atoms with E-state index in [-0.39, 0.29) is 17.1 Å². The normalized spacial score (nSPS) is 47.5. The van der Waals surface area contributed by atoms with E-state index >= 15 is 0 Å². The summed E-state index contributed by atoms with van der Waals surface area (Å²) in [6, 6.07) is 0. The smallest absolute Gasteiger partial charge is 0 e. The van der Waals surface area contributed by atoms with Gasteiger partial charge >= 0.3 is 0 Å². The van der Waals surface area contributed by atoms with Crippen molar-refractivity contribution in [3.63, 3.8) is 0 Å². The average Bonchev–Trinajstić information content (AvgIpc) is 1.82. The Morgan fingerprint density at radius 2 is 1.09 bits per heavy atom. The van der Waals surface area contributed by atoms with Crippen LogP contribution in [-0.2, 0) is 17.1 Å². The number of rotatable bonds is 0. The van der Waals surface area contributed by atoms with Gasteiger partial charge in [0.2, 0.25) is 0 Å². The maximum absolute atomic E-state index is 1.93. The van der Waals surface area contributed by atoms with Gasteiger partial charge in [-0.05, 0) is 62.2 Å². The van der Waals surface area contributed by atoms with Crippen LogP contribution in [0.3, 0.4) is 0 Å². The third-order valence-corrected chi connectivity index (χ3v) is 3.73. The molecule has 0 nitrogen and oxygen atoms in total. The second-order valence-electron chi connectivity index (χ2n) is 4.67. The molecule has 4 saturated carbocycles. The van der Waals surface area contributed by atoms with Crippen LogP contribution in [0.15, 0.2) is 0 Å². The van der Waals surface area contributed by atoms with Crippen LogP contribution in [0.1, 0.15) is 38.5 Å². The second-order valence-corrected chi connectivity index (χ2v) is 4.67. The Bertz CT molecular complexity index is 96.4. The van der Waals surface area contributed by atoms with Gasteiger partial charge in [-0.1, -0.05) is 0 Å². The van der Waals surface area contributed by atoms with Gasteiger partial charge in [0, 0.05) is 17.1 Å². The maximum atomic E-state index is 1.93. The van der Waals surface area contributed by atoms with Gasteiger partial charge in [-0.3, -0.25) is 0 Å². The molecule has 4 rings (SSSR count). The molecule has 4 fully saturated rings. The molecular formula is C10H15Fe. The van der Waals surface area contributed by atoms with Gasteiger partial charge < -0.3 is 0 Å². The van der Waals surface area contributed by atoms with Crippen LogP contribution in [0.2, 0.25) is 0 Å². The van der Waals surface area contributed by atoms with Crippen molar-refractivity contribution < 1.29 is 17.1 Å². The molecule has 4 bridgehead atoms. The van der Waals surface area contributed by atoms with Gasteiger partial charge in [0.05, 0.1) is 0 Å². The first-order valence-corrected chi connectivity index (χ1v) is 4.73. The fourth-order valence-electron chi connectivity index (χ4n) is 3.68. The van der Waals surface area contributed by atoms with Gasteiger partial charge in [0.1, 0.15) is 0 Å². The molecule has 0 aliphatic heterocycles. The van der Waals surface area contributed by atoms with E-state index < -0.39 is 0 Å². The van der Waals surface area contributed by atoms with E-state index in [1.54, 1.807) is 19.3 Å². The molecule has 0 spiro atoms. The molecule has 0 aromatic carbocycles. The maximum Gasteiger partial charge on any atom is 0 e. The Hall–Kier alpha value is 0.519. The first-order valence-electron chi connectivity index (χ1n) is 4.73. The summed E-state index contributed by atoms with van der Waals surface area (Å²) in [5.41, 5.74) is 0. The van der Waals surface area contributed by atoms with E-state index in [4.69, 9.17) is 0 Å². The monoisotopic (exact) mass is 191 g/mol. The molecule has 1 radical (unpaired) electrons. The third kappa shape index (κ3) is 1.27. The fraction of sp³-hybridized carbons (Fsp3) is 0.900. The average molecular weight is 191 g/mol. The van der Waals surface area contributed by atoms with Crippen molar-refractivity contribution >= 4 is 0 Å². The van der Waals surface area contributed by atoms with Crippen molar-refractivity contribution in [2.75, 3.05) is 0 Å². The van der Waals surface area contributed by atoms with Gasteiger partial charge in [0.15, 0.2) is 0 Å². The zero-order valence-electron chi connectivity index (χ0n) is 6.83. The zero-order chi connectivity index (χ0) is 6.55. The quantitative estimate of drug-likeness (QED) is 0.516. The van der Waals surface area contributed by atoms with Crippen LogP contribution >= 0.6 is 0 Å². The molecule has 0 heterocycles. The molecule has 0 aromatic heterocycles. The van der Waals surface area contributed by atoms with Crippen molar-refractivity contribution in [3.8, 4) is 0 Å². The molecule has 4 aliphatic rings. The Morgan fingerprint density at radius 1 is 0.727 bits per heavy atom. The predicted octanol–water partition coefficient (Wildman–Crippen LogP) is 2.79. The van der Waals surface area contributed by atoms with Crippen LogP contribution in [0, 0.1) is 23.7 Å². The molecule has 0 N–H and O–H groups in total. The fourth-order valence-corrected chi connectivity index (χ4v) is 3.68. The summed E-state index contributed by atoms with van der Waals surface area (Å²) in [5, 5.41) is 0. The van der Waals surface area contributed by atoms with E-state index in [2.05, 4.69) is 0 Å². The Balaban J connectivity index is 0.000000480. The molecule has 0 saturated heterocycles. The molecular weight excluding hydrogens is 176 g/mol. The summed E-state index contributed by atoms with van der Waals surface area (Å²) >= 11 is 0. The summed E-state index contributed by atoms with van der Waals surface area (Å²) in [7, 11) is 0. The standard InChI is InChI=1S/C10H15.Fe/c1-7-2-9-4-8(1)5-10(3-7)6-9;/h7-9H,1-6H2;. The van der Waals surface area contributed by atoms with E-state index in [0.717, 1.165) is 17.8 Å². The van der Waals surface area contributed by atoms with E-state index in [1.807, 2.05) is 5.92 Å². The summed E-state index contributed by atoms with van der Waals surface area (Å²) in [6.07, 6.45) is 9.31. The Kier molecular flexibility index (Phi) is 2.06. The zero-order valence-corrected chi connectivity index (χ0v) is 7.93. The van der Waals surface area contributed by atoms with Gasteiger partial charge in [-0.15, -0.1) is 0 Å². The SMILES string of the molecule is C1[C]2CC3CC1CC(C2)C3.[Fe]. The Labute approximate surface area is 79.6 Å². The van der Waals surface area contributed by atoms with Crippen LogP contribution in [-0.4, -0.2) is 0 Å². The first kappa shape index (κ1) is 8.13. The molecule has 1 heteroatoms. The van der Waals surface area contributed by atoms with E-state index in [1.165, 1.54) is 19.3 Å².